The van der Waals surface area contributed by atoms with Gasteiger partial charge in [-0.3, -0.25) is 9.69 Å². The molecule has 3 heteroatoms. The van der Waals surface area contributed by atoms with Crippen LogP contribution in [0.3, 0.4) is 0 Å². The Morgan fingerprint density at radius 1 is 1.47 bits per heavy atom. The van der Waals surface area contributed by atoms with Crippen LogP contribution in [0.4, 0.5) is 0 Å². The highest BCUT2D eigenvalue weighted by molar-refractivity contribution is 5.66. The van der Waals surface area contributed by atoms with Gasteiger partial charge in [-0.1, -0.05) is 0 Å². The van der Waals surface area contributed by atoms with Crippen molar-refractivity contribution in [2.24, 2.45) is 0 Å². The van der Waals surface area contributed by atoms with Crippen molar-refractivity contribution in [2.45, 2.75) is 64.1 Å². The Morgan fingerprint density at radius 3 is 2.87 bits per heavy atom. The fraction of sp³-hybridized carbons (Fsp3) is 0.917. The first-order chi connectivity index (χ1) is 6.99. The quantitative estimate of drug-likeness (QED) is 0.621. The van der Waals surface area contributed by atoms with E-state index in [9.17, 15) is 4.79 Å². The zero-order valence-corrected chi connectivity index (χ0v) is 9.95. The molecule has 2 heterocycles. The highest BCUT2D eigenvalue weighted by atomic mass is 16.5. The molecule has 0 amide bonds. The fourth-order valence-corrected chi connectivity index (χ4v) is 3.26. The smallest absolute Gasteiger partial charge is 0.302 e. The van der Waals surface area contributed by atoms with Gasteiger partial charge in [0.1, 0.15) is 6.10 Å². The van der Waals surface area contributed by atoms with Gasteiger partial charge in [-0.2, -0.15) is 0 Å². The number of rotatable bonds is 1. The Balaban J connectivity index is 2.05. The Bertz CT molecular complexity index is 262. The summed E-state index contributed by atoms with van der Waals surface area (Å²) in [5.74, 6) is -0.137. The van der Waals surface area contributed by atoms with E-state index in [0.29, 0.717) is 6.04 Å². The van der Waals surface area contributed by atoms with Gasteiger partial charge in [0, 0.05) is 31.3 Å². The van der Waals surface area contributed by atoms with Gasteiger partial charge in [0.15, 0.2) is 0 Å². The van der Waals surface area contributed by atoms with Crippen molar-refractivity contribution in [3.8, 4) is 0 Å². The highest BCUT2D eigenvalue weighted by Gasteiger charge is 2.43. The number of fused-ring (bicyclic) bond motifs is 1. The molecule has 2 fully saturated rings. The van der Waals surface area contributed by atoms with E-state index in [1.54, 1.807) is 0 Å². The van der Waals surface area contributed by atoms with Crippen LogP contribution in [-0.4, -0.2) is 35.1 Å². The van der Waals surface area contributed by atoms with Crippen LogP contribution in [-0.2, 0) is 9.53 Å². The number of esters is 1. The lowest BCUT2D eigenvalue weighted by atomic mass is 9.85. The van der Waals surface area contributed by atoms with Crippen LogP contribution in [0.1, 0.15) is 46.5 Å². The molecule has 2 unspecified atom stereocenters. The Labute approximate surface area is 91.8 Å². The maximum Gasteiger partial charge on any atom is 0.302 e. The molecule has 0 aliphatic carbocycles. The van der Waals surface area contributed by atoms with Gasteiger partial charge in [0.25, 0.3) is 0 Å². The third-order valence-electron chi connectivity index (χ3n) is 3.75. The highest BCUT2D eigenvalue weighted by Crippen LogP contribution is 2.38. The lowest BCUT2D eigenvalue weighted by molar-refractivity contribution is -0.152. The molecule has 2 aliphatic heterocycles. The van der Waals surface area contributed by atoms with Crippen molar-refractivity contribution in [1.29, 1.82) is 0 Å². The first kappa shape index (κ1) is 10.9. The summed E-state index contributed by atoms with van der Waals surface area (Å²) in [7, 11) is 0. The second kappa shape index (κ2) is 3.78. The van der Waals surface area contributed by atoms with Crippen LogP contribution in [0.5, 0.6) is 0 Å². The van der Waals surface area contributed by atoms with E-state index in [1.165, 1.54) is 26.3 Å². The molecule has 0 aromatic rings. The van der Waals surface area contributed by atoms with E-state index < -0.39 is 0 Å². The molecule has 15 heavy (non-hydrogen) atoms. The van der Waals surface area contributed by atoms with E-state index in [-0.39, 0.29) is 17.6 Å². The number of carbonyl (C=O) groups is 1. The zero-order chi connectivity index (χ0) is 11.1. The van der Waals surface area contributed by atoms with Crippen LogP contribution < -0.4 is 0 Å². The predicted molar refractivity (Wildman–Crippen MR) is 58.6 cm³/mol. The average molecular weight is 211 g/mol. The maximum atomic E-state index is 11.0. The molecule has 0 aromatic heterocycles. The fourth-order valence-electron chi connectivity index (χ4n) is 3.26. The number of carbonyl (C=O) groups excluding carboxylic acids is 1. The van der Waals surface area contributed by atoms with Gasteiger partial charge in [0.05, 0.1) is 0 Å². The number of hydrogen-bond acceptors (Lipinski definition) is 3. The summed E-state index contributed by atoms with van der Waals surface area (Å²) in [6.45, 7) is 7.25. The molecule has 0 bridgehead atoms. The monoisotopic (exact) mass is 211 g/mol. The van der Waals surface area contributed by atoms with E-state index in [2.05, 4.69) is 18.7 Å². The standard InChI is InChI=1S/C12H21NO2/c1-9(14)15-11-7-10-5-4-6-13(10)12(2,3)8-11/h10-11H,4-8H2,1-3H3. The van der Waals surface area contributed by atoms with Crippen LogP contribution in [0.2, 0.25) is 0 Å². The van der Waals surface area contributed by atoms with Crippen molar-refractivity contribution in [1.82, 2.24) is 4.90 Å². The SMILES string of the molecule is CC(=O)OC1CC2CCCN2C(C)(C)C1. The molecule has 3 nitrogen and oxygen atoms in total. The summed E-state index contributed by atoms with van der Waals surface area (Å²) in [6, 6.07) is 0.637. The number of piperidine rings is 1. The average Bonchev–Trinajstić information content (AvgIpc) is 2.49. The lowest BCUT2D eigenvalue weighted by Crippen LogP contribution is -2.54. The van der Waals surface area contributed by atoms with Crippen molar-refractivity contribution >= 4 is 5.97 Å². The van der Waals surface area contributed by atoms with E-state index >= 15 is 0 Å². The molecule has 2 aliphatic rings. The molecule has 0 saturated carbocycles. The Kier molecular flexibility index (Phi) is 2.75. The van der Waals surface area contributed by atoms with Gasteiger partial charge >= 0.3 is 5.97 Å². The van der Waals surface area contributed by atoms with E-state index in [4.69, 9.17) is 4.74 Å². The summed E-state index contributed by atoms with van der Waals surface area (Å²) < 4.78 is 5.37. The van der Waals surface area contributed by atoms with Crippen LogP contribution >= 0.6 is 0 Å². The summed E-state index contributed by atoms with van der Waals surface area (Å²) in [4.78, 5) is 13.6. The van der Waals surface area contributed by atoms with Crippen molar-refractivity contribution < 1.29 is 9.53 Å². The largest absolute Gasteiger partial charge is 0.462 e. The third-order valence-corrected chi connectivity index (χ3v) is 3.75. The molecule has 0 aromatic carbocycles. The molecule has 2 saturated heterocycles. The summed E-state index contributed by atoms with van der Waals surface area (Å²) in [6.07, 6.45) is 4.70. The van der Waals surface area contributed by atoms with Crippen molar-refractivity contribution in [3.63, 3.8) is 0 Å². The second-order valence-corrected chi connectivity index (χ2v) is 5.47. The first-order valence-electron chi connectivity index (χ1n) is 5.93. The number of ether oxygens (including phenoxy) is 1. The summed E-state index contributed by atoms with van der Waals surface area (Å²) in [5.41, 5.74) is 0.194. The molecule has 0 N–H and O–H groups in total. The molecule has 0 spiro atoms. The normalized spacial score (nSPS) is 34.9. The lowest BCUT2D eigenvalue weighted by Gasteiger charge is -2.47. The van der Waals surface area contributed by atoms with Crippen LogP contribution in [0.15, 0.2) is 0 Å². The minimum atomic E-state index is -0.137. The minimum Gasteiger partial charge on any atom is -0.462 e. The van der Waals surface area contributed by atoms with Crippen molar-refractivity contribution in [2.75, 3.05) is 6.54 Å². The maximum absolute atomic E-state index is 11.0. The molecule has 0 radical (unpaired) electrons. The van der Waals surface area contributed by atoms with Crippen molar-refractivity contribution in [3.05, 3.63) is 0 Å². The second-order valence-electron chi connectivity index (χ2n) is 5.47. The van der Waals surface area contributed by atoms with Gasteiger partial charge < -0.3 is 4.74 Å². The third kappa shape index (κ3) is 2.17. The molecule has 86 valence electrons. The number of hydrogen-bond donors (Lipinski definition) is 0. The number of nitrogens with zero attached hydrogens (tertiary/aromatic N) is 1. The predicted octanol–water partition coefficient (Wildman–Crippen LogP) is 1.95. The molecular weight excluding hydrogens is 190 g/mol. The topological polar surface area (TPSA) is 29.5 Å². The molecular formula is C12H21NO2. The summed E-state index contributed by atoms with van der Waals surface area (Å²) in [5, 5.41) is 0. The van der Waals surface area contributed by atoms with Gasteiger partial charge in [-0.05, 0) is 33.2 Å². The van der Waals surface area contributed by atoms with Crippen LogP contribution in [0.25, 0.3) is 0 Å². The molecule has 2 atom stereocenters. The summed E-state index contributed by atoms with van der Waals surface area (Å²) >= 11 is 0. The van der Waals surface area contributed by atoms with E-state index in [1.807, 2.05) is 0 Å². The Hall–Kier alpha value is -0.570. The van der Waals surface area contributed by atoms with Gasteiger partial charge in [-0.15, -0.1) is 0 Å². The van der Waals surface area contributed by atoms with Gasteiger partial charge in [-0.25, -0.2) is 0 Å². The van der Waals surface area contributed by atoms with Gasteiger partial charge in [0.2, 0.25) is 0 Å². The first-order valence-corrected chi connectivity index (χ1v) is 5.93. The zero-order valence-electron chi connectivity index (χ0n) is 9.95. The molecule has 2 rings (SSSR count). The Morgan fingerprint density at radius 2 is 2.20 bits per heavy atom. The van der Waals surface area contributed by atoms with E-state index in [0.717, 1.165) is 12.8 Å². The minimum absolute atomic E-state index is 0.136. The van der Waals surface area contributed by atoms with Crippen LogP contribution in [0, 0.1) is 0 Å².